The van der Waals surface area contributed by atoms with E-state index >= 15 is 0 Å². The number of rotatable bonds is 2. The Bertz CT molecular complexity index is 553. The Balaban J connectivity index is 0.00000133. The highest BCUT2D eigenvalue weighted by atomic mass is 35.5. The van der Waals surface area contributed by atoms with Crippen molar-refractivity contribution in [1.29, 1.82) is 0 Å². The van der Waals surface area contributed by atoms with Crippen LogP contribution in [0, 0.1) is 0 Å². The van der Waals surface area contributed by atoms with Crippen molar-refractivity contribution in [3.63, 3.8) is 0 Å². The zero-order chi connectivity index (χ0) is 12.5. The summed E-state index contributed by atoms with van der Waals surface area (Å²) in [5, 5.41) is 11.7. The first-order valence-electron chi connectivity index (χ1n) is 6.46. The van der Waals surface area contributed by atoms with Gasteiger partial charge in [-0.2, -0.15) is 0 Å². The molecule has 1 unspecified atom stereocenters. The van der Waals surface area contributed by atoms with Crippen molar-refractivity contribution < 1.29 is 0 Å². The largest absolute Gasteiger partial charge is 0.312 e. The molecule has 0 bridgehead atoms. The van der Waals surface area contributed by atoms with Crippen LogP contribution in [-0.2, 0) is 13.6 Å². The Morgan fingerprint density at radius 2 is 2.26 bits per heavy atom. The molecule has 1 atom stereocenters. The van der Waals surface area contributed by atoms with Crippen LogP contribution in [0.5, 0.6) is 0 Å². The molecule has 1 aromatic heterocycles. The second-order valence-corrected chi connectivity index (χ2v) is 5.13. The highest BCUT2D eigenvalue weighted by Gasteiger charge is 2.15. The minimum Gasteiger partial charge on any atom is -0.312 e. The van der Waals surface area contributed by atoms with Gasteiger partial charge >= 0.3 is 0 Å². The summed E-state index contributed by atoms with van der Waals surface area (Å²) >= 11 is 0. The van der Waals surface area contributed by atoms with Crippen molar-refractivity contribution in [3.05, 3.63) is 23.8 Å². The average Bonchev–Trinajstić information content (AvgIpc) is 2.71. The standard InChI is InChI=1S/C13H19N5.ClH/c1-10-8-18(6-5-14-10)9-11-3-4-13-12(7-11)15-16-17(13)2;/h3-4,7,10,14H,5-6,8-9H2,1-2H3;1H. The molecule has 1 saturated heterocycles. The van der Waals surface area contributed by atoms with Crippen LogP contribution >= 0.6 is 12.4 Å². The predicted molar refractivity (Wildman–Crippen MR) is 78.5 cm³/mol. The summed E-state index contributed by atoms with van der Waals surface area (Å²) < 4.78 is 1.81. The normalized spacial score (nSPS) is 20.4. The van der Waals surface area contributed by atoms with Crippen molar-refractivity contribution in [3.8, 4) is 0 Å². The van der Waals surface area contributed by atoms with Crippen LogP contribution in [0.15, 0.2) is 18.2 Å². The van der Waals surface area contributed by atoms with E-state index in [1.165, 1.54) is 5.56 Å². The Morgan fingerprint density at radius 1 is 1.42 bits per heavy atom. The average molecular weight is 282 g/mol. The number of piperazine rings is 1. The van der Waals surface area contributed by atoms with Gasteiger partial charge in [0.25, 0.3) is 0 Å². The van der Waals surface area contributed by atoms with Gasteiger partial charge in [0.2, 0.25) is 0 Å². The van der Waals surface area contributed by atoms with Crippen LogP contribution in [-0.4, -0.2) is 45.6 Å². The molecule has 0 radical (unpaired) electrons. The fourth-order valence-corrected chi connectivity index (χ4v) is 2.60. The molecule has 0 saturated carbocycles. The number of halogens is 1. The quantitative estimate of drug-likeness (QED) is 0.898. The maximum atomic E-state index is 4.17. The third-order valence-corrected chi connectivity index (χ3v) is 3.53. The minimum atomic E-state index is 0. The summed E-state index contributed by atoms with van der Waals surface area (Å²) in [6.07, 6.45) is 0. The number of aromatic nitrogens is 3. The highest BCUT2D eigenvalue weighted by molar-refractivity contribution is 5.85. The van der Waals surface area contributed by atoms with Gasteiger partial charge in [0.1, 0.15) is 5.52 Å². The molecule has 104 valence electrons. The molecule has 0 spiro atoms. The highest BCUT2D eigenvalue weighted by Crippen LogP contribution is 2.14. The van der Waals surface area contributed by atoms with Crippen molar-refractivity contribution in [2.75, 3.05) is 19.6 Å². The second kappa shape index (κ2) is 5.86. The lowest BCUT2D eigenvalue weighted by molar-refractivity contribution is 0.200. The number of hydrogen-bond acceptors (Lipinski definition) is 4. The van der Waals surface area contributed by atoms with E-state index in [0.717, 1.165) is 37.2 Å². The first-order chi connectivity index (χ1) is 8.72. The van der Waals surface area contributed by atoms with Crippen molar-refractivity contribution in [2.24, 2.45) is 7.05 Å². The monoisotopic (exact) mass is 281 g/mol. The minimum absolute atomic E-state index is 0. The fraction of sp³-hybridized carbons (Fsp3) is 0.538. The summed E-state index contributed by atoms with van der Waals surface area (Å²) in [6.45, 7) is 6.53. The molecule has 1 aromatic carbocycles. The molecule has 3 rings (SSSR count). The van der Waals surface area contributed by atoms with E-state index in [-0.39, 0.29) is 12.4 Å². The maximum absolute atomic E-state index is 4.17. The molecular formula is C13H20ClN5. The van der Waals surface area contributed by atoms with Gasteiger partial charge in [0.05, 0.1) is 5.52 Å². The van der Waals surface area contributed by atoms with E-state index < -0.39 is 0 Å². The van der Waals surface area contributed by atoms with Crippen LogP contribution in [0.1, 0.15) is 12.5 Å². The van der Waals surface area contributed by atoms with Crippen molar-refractivity contribution in [2.45, 2.75) is 19.5 Å². The van der Waals surface area contributed by atoms with Gasteiger partial charge in [-0.25, -0.2) is 4.68 Å². The lowest BCUT2D eigenvalue weighted by Gasteiger charge is -2.31. The van der Waals surface area contributed by atoms with Crippen LogP contribution in [0.2, 0.25) is 0 Å². The number of benzene rings is 1. The maximum Gasteiger partial charge on any atom is 0.113 e. The van der Waals surface area contributed by atoms with E-state index in [9.17, 15) is 0 Å². The molecule has 19 heavy (non-hydrogen) atoms. The zero-order valence-corrected chi connectivity index (χ0v) is 12.2. The zero-order valence-electron chi connectivity index (χ0n) is 11.3. The van der Waals surface area contributed by atoms with E-state index in [1.807, 2.05) is 11.7 Å². The van der Waals surface area contributed by atoms with Crippen LogP contribution in [0.25, 0.3) is 11.0 Å². The van der Waals surface area contributed by atoms with Gasteiger partial charge < -0.3 is 5.32 Å². The number of fused-ring (bicyclic) bond motifs is 1. The Hall–Kier alpha value is -1.17. The topological polar surface area (TPSA) is 46.0 Å². The molecule has 0 amide bonds. The first kappa shape index (κ1) is 14.2. The SMILES string of the molecule is CC1CN(Cc2ccc3c(c2)nnn3C)CCN1.Cl. The molecule has 1 aliphatic rings. The fourth-order valence-electron chi connectivity index (χ4n) is 2.60. The number of aryl methyl sites for hydroxylation is 1. The molecule has 2 heterocycles. The molecule has 0 aliphatic carbocycles. The summed E-state index contributed by atoms with van der Waals surface area (Å²) in [5.41, 5.74) is 3.39. The number of hydrogen-bond donors (Lipinski definition) is 1. The molecule has 1 N–H and O–H groups in total. The third-order valence-electron chi connectivity index (χ3n) is 3.53. The molecule has 1 aliphatic heterocycles. The van der Waals surface area contributed by atoms with Crippen LogP contribution < -0.4 is 5.32 Å². The predicted octanol–water partition coefficient (Wildman–Crippen LogP) is 1.18. The summed E-state index contributed by atoms with van der Waals surface area (Å²) in [4.78, 5) is 2.48. The second-order valence-electron chi connectivity index (χ2n) is 5.13. The number of nitrogens with zero attached hydrogens (tertiary/aromatic N) is 4. The third kappa shape index (κ3) is 3.05. The van der Waals surface area contributed by atoms with Crippen LogP contribution in [0.4, 0.5) is 0 Å². The lowest BCUT2D eigenvalue weighted by atomic mass is 10.1. The number of nitrogens with one attached hydrogen (secondary N) is 1. The Morgan fingerprint density at radius 3 is 3.05 bits per heavy atom. The smallest absolute Gasteiger partial charge is 0.113 e. The van der Waals surface area contributed by atoms with E-state index in [0.29, 0.717) is 6.04 Å². The first-order valence-corrected chi connectivity index (χ1v) is 6.46. The van der Waals surface area contributed by atoms with E-state index in [2.05, 4.69) is 45.7 Å². The van der Waals surface area contributed by atoms with Gasteiger partial charge in [0.15, 0.2) is 0 Å². The Labute approximate surface area is 119 Å². The molecular weight excluding hydrogens is 262 g/mol. The van der Waals surface area contributed by atoms with E-state index in [4.69, 9.17) is 0 Å². The van der Waals surface area contributed by atoms with Crippen molar-refractivity contribution in [1.82, 2.24) is 25.2 Å². The lowest BCUT2D eigenvalue weighted by Crippen LogP contribution is -2.48. The molecule has 1 fully saturated rings. The molecule has 5 nitrogen and oxygen atoms in total. The summed E-state index contributed by atoms with van der Waals surface area (Å²) in [5.74, 6) is 0. The van der Waals surface area contributed by atoms with Gasteiger partial charge in [-0.1, -0.05) is 11.3 Å². The van der Waals surface area contributed by atoms with Crippen molar-refractivity contribution >= 4 is 23.4 Å². The van der Waals surface area contributed by atoms with Gasteiger partial charge in [-0.15, -0.1) is 17.5 Å². The molecule has 2 aromatic rings. The van der Waals surface area contributed by atoms with Gasteiger partial charge in [-0.05, 0) is 24.6 Å². The summed E-state index contributed by atoms with van der Waals surface area (Å²) in [6, 6.07) is 7.02. The summed E-state index contributed by atoms with van der Waals surface area (Å²) in [7, 11) is 1.92. The van der Waals surface area contributed by atoms with Crippen LogP contribution in [0.3, 0.4) is 0 Å². The Kier molecular flexibility index (Phi) is 4.39. The van der Waals surface area contributed by atoms with Gasteiger partial charge in [-0.3, -0.25) is 4.90 Å². The molecule has 6 heteroatoms. The van der Waals surface area contributed by atoms with E-state index in [1.54, 1.807) is 0 Å². The van der Waals surface area contributed by atoms with Gasteiger partial charge in [0, 0.05) is 39.3 Å².